The molecule has 0 radical (unpaired) electrons. The summed E-state index contributed by atoms with van der Waals surface area (Å²) in [6.45, 7) is 0. The smallest absolute Gasteiger partial charge is 0.227 e. The lowest BCUT2D eigenvalue weighted by Crippen LogP contribution is -2.32. The fourth-order valence-electron chi connectivity index (χ4n) is 4.42. The van der Waals surface area contributed by atoms with Crippen molar-refractivity contribution >= 4 is 39.3 Å². The van der Waals surface area contributed by atoms with Gasteiger partial charge in [0.05, 0.1) is 5.70 Å². The van der Waals surface area contributed by atoms with E-state index < -0.39 is 0 Å². The fourth-order valence-corrected chi connectivity index (χ4v) is 5.03. The summed E-state index contributed by atoms with van der Waals surface area (Å²) in [6, 6.07) is 22.4. The van der Waals surface area contributed by atoms with Crippen LogP contribution in [-0.4, -0.2) is 21.0 Å². The molecule has 6 rings (SSSR count). The number of aromatic nitrogens is 3. The molecule has 0 saturated heterocycles. The van der Waals surface area contributed by atoms with Crippen molar-refractivity contribution < 1.29 is 9.13 Å². The summed E-state index contributed by atoms with van der Waals surface area (Å²) in [5.74, 6) is 1.17. The number of anilines is 1. The largest absolute Gasteiger partial charge is 0.480 e. The zero-order valence-electron chi connectivity index (χ0n) is 17.5. The normalized spacial score (nSPS) is 18.6. The summed E-state index contributed by atoms with van der Waals surface area (Å²) in [5, 5.41) is 8.94. The van der Waals surface area contributed by atoms with Gasteiger partial charge in [0.2, 0.25) is 11.1 Å². The number of benzene rings is 3. The van der Waals surface area contributed by atoms with Crippen LogP contribution in [0.5, 0.6) is 5.75 Å². The average Bonchev–Trinajstić information content (AvgIpc) is 3.26. The zero-order chi connectivity index (χ0) is 22.5. The van der Waals surface area contributed by atoms with Gasteiger partial charge in [-0.1, -0.05) is 64.1 Å². The van der Waals surface area contributed by atoms with E-state index >= 15 is 0 Å². The van der Waals surface area contributed by atoms with E-state index in [4.69, 9.17) is 9.84 Å². The van der Waals surface area contributed by atoms with E-state index in [9.17, 15) is 4.39 Å². The maximum atomic E-state index is 13.8. The standard InChI is InChI=1S/C25H18BrFN4OS/c1-33-25-29-24-28-21-18-4-2-3-5-19(18)32-23(15-6-10-16(26)11-7-15)20(21)22(31(24)30-25)14-8-12-17(27)13-9-14/h2-13,22-23H,1H3,(H,28,29,30)/t22-,23+/m0/s1. The lowest BCUT2D eigenvalue weighted by Gasteiger charge is -2.38. The maximum Gasteiger partial charge on any atom is 0.227 e. The lowest BCUT2D eigenvalue weighted by atomic mass is 9.84. The summed E-state index contributed by atoms with van der Waals surface area (Å²) in [6.07, 6.45) is 1.59. The van der Waals surface area contributed by atoms with Crippen LogP contribution in [0.3, 0.4) is 0 Å². The van der Waals surface area contributed by atoms with E-state index in [1.165, 1.54) is 23.9 Å². The quantitative estimate of drug-likeness (QED) is 0.314. The highest BCUT2D eigenvalue weighted by atomic mass is 79.9. The Hall–Kier alpha value is -3.10. The molecular weight excluding hydrogens is 503 g/mol. The topological polar surface area (TPSA) is 52.0 Å². The Balaban J connectivity index is 1.62. The highest BCUT2D eigenvalue weighted by Crippen LogP contribution is 2.50. The van der Waals surface area contributed by atoms with E-state index in [0.29, 0.717) is 11.1 Å². The lowest BCUT2D eigenvalue weighted by molar-refractivity contribution is 0.223. The summed E-state index contributed by atoms with van der Waals surface area (Å²) in [7, 11) is 0. The van der Waals surface area contributed by atoms with Crippen molar-refractivity contribution in [3.8, 4) is 5.75 Å². The highest BCUT2D eigenvalue weighted by molar-refractivity contribution is 9.10. The van der Waals surface area contributed by atoms with Crippen LogP contribution in [0.25, 0.3) is 5.70 Å². The van der Waals surface area contributed by atoms with Gasteiger partial charge >= 0.3 is 0 Å². The molecule has 0 amide bonds. The third kappa shape index (κ3) is 3.45. The number of ether oxygens (including phenoxy) is 1. The number of hydrogen-bond acceptors (Lipinski definition) is 5. The van der Waals surface area contributed by atoms with Crippen molar-refractivity contribution in [3.63, 3.8) is 0 Å². The molecule has 5 nitrogen and oxygen atoms in total. The van der Waals surface area contributed by atoms with Gasteiger partial charge in [0.15, 0.2) is 0 Å². The number of hydrogen-bond donors (Lipinski definition) is 1. The number of thioether (sulfide) groups is 1. The van der Waals surface area contributed by atoms with Crippen LogP contribution in [0, 0.1) is 5.82 Å². The molecule has 33 heavy (non-hydrogen) atoms. The summed E-state index contributed by atoms with van der Waals surface area (Å²) >= 11 is 5.01. The number of rotatable bonds is 3. The number of para-hydroxylation sites is 1. The van der Waals surface area contributed by atoms with Gasteiger partial charge in [-0.2, -0.15) is 4.98 Å². The first-order valence-electron chi connectivity index (χ1n) is 10.4. The Bertz CT molecular complexity index is 1380. The predicted molar refractivity (Wildman–Crippen MR) is 131 cm³/mol. The molecule has 0 unspecified atom stereocenters. The molecule has 2 atom stereocenters. The van der Waals surface area contributed by atoms with Crippen LogP contribution in [0.15, 0.2) is 88.0 Å². The number of halogens is 2. The van der Waals surface area contributed by atoms with Gasteiger partial charge in [-0.25, -0.2) is 9.07 Å². The SMILES string of the molecule is CSc1nc2n(n1)[C@@H](c1ccc(F)cc1)C1=C(N2)c2ccccc2O[C@@H]1c1ccc(Br)cc1. The monoisotopic (exact) mass is 520 g/mol. The van der Waals surface area contributed by atoms with Gasteiger partial charge in [-0.3, -0.25) is 0 Å². The van der Waals surface area contributed by atoms with E-state index in [-0.39, 0.29) is 18.0 Å². The molecule has 3 aromatic carbocycles. The van der Waals surface area contributed by atoms with Crippen molar-refractivity contribution in [2.75, 3.05) is 11.6 Å². The predicted octanol–water partition coefficient (Wildman–Crippen LogP) is 6.46. The zero-order valence-corrected chi connectivity index (χ0v) is 19.9. The molecule has 0 fully saturated rings. The van der Waals surface area contributed by atoms with Crippen LogP contribution in [-0.2, 0) is 0 Å². The van der Waals surface area contributed by atoms with Gasteiger partial charge < -0.3 is 10.1 Å². The first-order valence-corrected chi connectivity index (χ1v) is 12.4. The minimum absolute atomic E-state index is 0.278. The summed E-state index contributed by atoms with van der Waals surface area (Å²) < 4.78 is 23.3. The number of fused-ring (bicyclic) bond motifs is 3. The molecule has 0 spiro atoms. The van der Waals surface area contributed by atoms with E-state index in [2.05, 4.69) is 38.4 Å². The van der Waals surface area contributed by atoms with E-state index in [1.54, 1.807) is 12.1 Å². The Morgan fingerprint density at radius 1 is 1.00 bits per heavy atom. The van der Waals surface area contributed by atoms with Gasteiger partial charge in [0.25, 0.3) is 0 Å². The van der Waals surface area contributed by atoms with Gasteiger partial charge in [-0.05, 0) is 53.8 Å². The van der Waals surface area contributed by atoms with Crippen molar-refractivity contribution in [3.05, 3.63) is 105 Å². The molecule has 1 N–H and O–H groups in total. The first-order chi connectivity index (χ1) is 16.1. The van der Waals surface area contributed by atoms with Crippen LogP contribution >= 0.6 is 27.7 Å². The van der Waals surface area contributed by atoms with Gasteiger partial charge in [-0.15, -0.1) is 5.10 Å². The van der Waals surface area contributed by atoms with E-state index in [1.807, 2.05) is 47.3 Å². The van der Waals surface area contributed by atoms with Crippen LogP contribution in [0.4, 0.5) is 10.3 Å². The Labute approximate surface area is 202 Å². The molecule has 0 aliphatic carbocycles. The second kappa shape index (κ2) is 8.04. The maximum absolute atomic E-state index is 13.8. The van der Waals surface area contributed by atoms with Crippen molar-refractivity contribution in [1.82, 2.24) is 14.8 Å². The third-order valence-electron chi connectivity index (χ3n) is 5.90. The number of nitrogens with zero attached hydrogens (tertiary/aromatic N) is 3. The average molecular weight is 521 g/mol. The second-order valence-corrected chi connectivity index (χ2v) is 9.51. The Morgan fingerprint density at radius 2 is 1.73 bits per heavy atom. The Morgan fingerprint density at radius 3 is 2.48 bits per heavy atom. The van der Waals surface area contributed by atoms with E-state index in [0.717, 1.165) is 38.2 Å². The highest BCUT2D eigenvalue weighted by Gasteiger charge is 2.41. The van der Waals surface area contributed by atoms with Gasteiger partial charge in [0, 0.05) is 15.6 Å². The number of nitrogens with one attached hydrogen (secondary N) is 1. The molecule has 2 aliphatic heterocycles. The second-order valence-electron chi connectivity index (χ2n) is 7.82. The molecular formula is C25H18BrFN4OS. The minimum atomic E-state index is -0.361. The Kier molecular flexibility index (Phi) is 4.99. The molecule has 0 saturated carbocycles. The third-order valence-corrected chi connectivity index (χ3v) is 6.97. The minimum Gasteiger partial charge on any atom is -0.480 e. The summed E-state index contributed by atoms with van der Waals surface area (Å²) in [5.41, 5.74) is 4.85. The molecule has 3 heterocycles. The van der Waals surface area contributed by atoms with Crippen molar-refractivity contribution in [2.24, 2.45) is 0 Å². The van der Waals surface area contributed by atoms with Crippen molar-refractivity contribution in [1.29, 1.82) is 0 Å². The molecule has 8 heteroatoms. The van der Waals surface area contributed by atoms with Gasteiger partial charge in [0.1, 0.15) is 23.7 Å². The van der Waals surface area contributed by atoms with Crippen molar-refractivity contribution in [2.45, 2.75) is 17.3 Å². The van der Waals surface area contributed by atoms with Crippen LogP contribution in [0.2, 0.25) is 0 Å². The molecule has 0 bridgehead atoms. The fraction of sp³-hybridized carbons (Fsp3) is 0.120. The molecule has 1 aromatic heterocycles. The summed E-state index contributed by atoms with van der Waals surface area (Å²) in [4.78, 5) is 4.68. The molecule has 2 aliphatic rings. The molecule has 4 aromatic rings. The molecule has 164 valence electrons. The first kappa shape index (κ1) is 20.5. The van der Waals surface area contributed by atoms with Crippen LogP contribution in [0.1, 0.15) is 28.8 Å². The van der Waals surface area contributed by atoms with Crippen LogP contribution < -0.4 is 10.1 Å².